The van der Waals surface area contributed by atoms with Crippen molar-refractivity contribution in [2.75, 3.05) is 14.2 Å². The lowest BCUT2D eigenvalue weighted by Gasteiger charge is -2.11. The highest BCUT2D eigenvalue weighted by molar-refractivity contribution is 6.34. The first-order valence-electron chi connectivity index (χ1n) is 18.7. The molecule has 0 unspecified atom stereocenters. The molecule has 2 N–H and O–H groups in total. The number of carboxylic acid groups (broad SMARTS) is 2. The topological polar surface area (TPSA) is 137 Å². The number of benzene rings is 6. The summed E-state index contributed by atoms with van der Waals surface area (Å²) in [6, 6.07) is 36.0. The maximum absolute atomic E-state index is 12.1. The molecule has 8 rings (SSSR count). The maximum Gasteiger partial charge on any atom is 0.339 e. The molecule has 2 heterocycles. The van der Waals surface area contributed by atoms with Gasteiger partial charge in [-0.25, -0.2) is 19.2 Å². The van der Waals surface area contributed by atoms with Crippen LogP contribution in [0.15, 0.2) is 134 Å². The third kappa shape index (κ3) is 9.34. The molecule has 0 radical (unpaired) electrons. The van der Waals surface area contributed by atoms with E-state index in [1.807, 2.05) is 76.1 Å². The van der Waals surface area contributed by atoms with Gasteiger partial charge in [-0.1, -0.05) is 70.7 Å². The lowest BCUT2D eigenvalue weighted by atomic mass is 9.99. The average Bonchev–Trinajstić information content (AvgIpc) is 3.89. The molecule has 0 fully saturated rings. The molecule has 0 aliphatic carbocycles. The van der Waals surface area contributed by atoms with Crippen molar-refractivity contribution in [3.63, 3.8) is 0 Å². The minimum atomic E-state index is -1.09. The molecule has 0 saturated carbocycles. The molecule has 0 atom stereocenters. The van der Waals surface area contributed by atoms with E-state index in [2.05, 4.69) is 6.07 Å². The van der Waals surface area contributed by atoms with Crippen LogP contribution in [0.2, 0.25) is 20.1 Å². The van der Waals surface area contributed by atoms with Gasteiger partial charge in [-0.15, -0.1) is 0 Å². The zero-order chi connectivity index (χ0) is 44.2. The summed E-state index contributed by atoms with van der Waals surface area (Å²) < 4.78 is 13.6. The number of halogens is 4. The molecule has 8 aromatic rings. The Labute approximate surface area is 375 Å². The Balaban J connectivity index is 0.000000187. The van der Waals surface area contributed by atoms with Crippen LogP contribution in [-0.2, 0) is 22.3 Å². The lowest BCUT2D eigenvalue weighted by molar-refractivity contribution is 0.0591. The van der Waals surface area contributed by atoms with E-state index < -0.39 is 23.9 Å². The molecule has 0 saturated heterocycles. The molecule has 0 amide bonds. The highest BCUT2D eigenvalue weighted by Gasteiger charge is 2.17. The van der Waals surface area contributed by atoms with Crippen molar-refractivity contribution in [2.24, 2.45) is 0 Å². The molecule has 0 bridgehead atoms. The van der Waals surface area contributed by atoms with Gasteiger partial charge in [0.1, 0.15) is 0 Å². The summed E-state index contributed by atoms with van der Waals surface area (Å²) in [5.74, 6) is -3.01. The van der Waals surface area contributed by atoms with E-state index in [0.717, 1.165) is 44.2 Å². The standard InChI is InChI=1S/C25H19Cl2NO4.C23H15Cl2NO4/c1-31-24(29)20-13-18(26)5-4-16(20)11-15-3-8-23-17(12-15)9-10-28(23)19-6-7-22(27)21(14-19)25(30)32-2;24-16-3-2-14(18(11-16)22(27)28)9-13-1-6-21-15(10-13)7-8-26(21)17-4-5-20(25)19(12-17)23(29)30/h3-10,12-14H,11H2,1-2H3;1-8,10-12H,9H2,(H,27,28)(H,29,30). The smallest absolute Gasteiger partial charge is 0.339 e. The van der Waals surface area contributed by atoms with Crippen LogP contribution in [-0.4, -0.2) is 57.4 Å². The Kier molecular flexibility index (Phi) is 13.1. The number of fused-ring (bicyclic) bond motifs is 2. The molecular weight excluding hydrogens is 874 g/mol. The van der Waals surface area contributed by atoms with Gasteiger partial charge in [0.15, 0.2) is 0 Å². The number of rotatable bonds is 10. The first-order chi connectivity index (χ1) is 29.7. The normalized spacial score (nSPS) is 10.9. The van der Waals surface area contributed by atoms with E-state index in [1.165, 1.54) is 26.4 Å². The van der Waals surface area contributed by atoms with Crippen molar-refractivity contribution in [3.8, 4) is 11.4 Å². The summed E-state index contributed by atoms with van der Waals surface area (Å²) in [5.41, 5.74) is 7.82. The number of hydrogen-bond acceptors (Lipinski definition) is 6. The minimum absolute atomic E-state index is 0.0385. The Bertz CT molecular complexity index is 3060. The predicted molar refractivity (Wildman–Crippen MR) is 242 cm³/mol. The van der Waals surface area contributed by atoms with Crippen LogP contribution in [0, 0.1) is 0 Å². The Morgan fingerprint density at radius 1 is 0.484 bits per heavy atom. The first-order valence-corrected chi connectivity index (χ1v) is 20.3. The fraction of sp³-hybridized carbons (Fsp3) is 0.0833. The first kappa shape index (κ1) is 43.5. The maximum atomic E-state index is 12.1. The van der Waals surface area contributed by atoms with E-state index >= 15 is 0 Å². The number of carbonyl (C=O) groups excluding carboxylic acids is 2. The van der Waals surface area contributed by atoms with E-state index in [9.17, 15) is 29.4 Å². The predicted octanol–water partition coefficient (Wildman–Crippen LogP) is 12.0. The lowest BCUT2D eigenvalue weighted by Crippen LogP contribution is -2.06. The molecular formula is C48H34Cl4N2O8. The summed E-state index contributed by atoms with van der Waals surface area (Å²) in [6.45, 7) is 0. The number of esters is 2. The largest absolute Gasteiger partial charge is 0.478 e. The third-order valence-electron chi connectivity index (χ3n) is 10.2. The van der Waals surface area contributed by atoms with Crippen LogP contribution >= 0.6 is 46.4 Å². The van der Waals surface area contributed by atoms with Gasteiger partial charge >= 0.3 is 23.9 Å². The van der Waals surface area contributed by atoms with Gasteiger partial charge in [0.05, 0.1) is 57.6 Å². The molecule has 0 spiro atoms. The summed E-state index contributed by atoms with van der Waals surface area (Å²) in [5, 5.41) is 22.1. The van der Waals surface area contributed by atoms with Crippen molar-refractivity contribution in [1.82, 2.24) is 9.13 Å². The molecule has 6 aromatic carbocycles. The fourth-order valence-corrected chi connectivity index (χ4v) is 7.89. The van der Waals surface area contributed by atoms with Gasteiger partial charge in [-0.3, -0.25) is 0 Å². The summed E-state index contributed by atoms with van der Waals surface area (Å²) >= 11 is 24.1. The average molecular weight is 909 g/mol. The number of ether oxygens (including phenoxy) is 2. The summed E-state index contributed by atoms with van der Waals surface area (Å²) in [4.78, 5) is 47.0. The minimum Gasteiger partial charge on any atom is -0.478 e. The number of nitrogens with zero attached hydrogens (tertiary/aromatic N) is 2. The van der Waals surface area contributed by atoms with E-state index in [0.29, 0.717) is 50.3 Å². The molecule has 62 heavy (non-hydrogen) atoms. The fourth-order valence-electron chi connectivity index (χ4n) is 7.16. The SMILES string of the molecule is COC(=O)c1cc(-n2ccc3cc(Cc4ccc(Cl)cc4C(=O)OC)ccc32)ccc1Cl.O=C(O)c1cc(-n2ccc3cc(Cc4ccc(Cl)cc4C(=O)O)ccc32)ccc1Cl. The molecule has 0 aliphatic heterocycles. The van der Waals surface area contributed by atoms with Gasteiger partial charge in [-0.05, 0) is 132 Å². The second-order valence-corrected chi connectivity index (χ2v) is 15.7. The van der Waals surface area contributed by atoms with Crippen molar-refractivity contribution in [2.45, 2.75) is 12.8 Å². The number of methoxy groups -OCH3 is 2. The van der Waals surface area contributed by atoms with Gasteiger partial charge in [0.25, 0.3) is 0 Å². The number of carbonyl (C=O) groups is 4. The van der Waals surface area contributed by atoms with Crippen LogP contribution < -0.4 is 0 Å². The second kappa shape index (κ2) is 18.6. The summed E-state index contributed by atoms with van der Waals surface area (Å²) in [6.07, 6.45) is 4.79. The summed E-state index contributed by atoms with van der Waals surface area (Å²) in [7, 11) is 2.67. The monoisotopic (exact) mass is 906 g/mol. The highest BCUT2D eigenvalue weighted by atomic mass is 35.5. The molecule has 10 nitrogen and oxygen atoms in total. The number of aromatic carboxylic acids is 2. The van der Waals surface area contributed by atoms with Crippen molar-refractivity contribution in [1.29, 1.82) is 0 Å². The van der Waals surface area contributed by atoms with Gasteiger partial charge in [0.2, 0.25) is 0 Å². The van der Waals surface area contributed by atoms with Gasteiger partial charge < -0.3 is 28.8 Å². The molecule has 0 aliphatic rings. The van der Waals surface area contributed by atoms with E-state index in [4.69, 9.17) is 55.9 Å². The number of aromatic nitrogens is 2. The van der Waals surface area contributed by atoms with Crippen LogP contribution in [0.3, 0.4) is 0 Å². The van der Waals surface area contributed by atoms with Crippen molar-refractivity contribution in [3.05, 3.63) is 198 Å². The van der Waals surface area contributed by atoms with Crippen molar-refractivity contribution >= 4 is 92.1 Å². The molecule has 2 aromatic heterocycles. The third-order valence-corrected chi connectivity index (χ3v) is 11.3. The highest BCUT2D eigenvalue weighted by Crippen LogP contribution is 2.29. The Morgan fingerprint density at radius 3 is 1.40 bits per heavy atom. The van der Waals surface area contributed by atoms with Gasteiger partial charge in [0, 0.05) is 44.6 Å². The quantitative estimate of drug-likeness (QED) is 0.129. The number of carboxylic acids is 2. The zero-order valence-corrected chi connectivity index (χ0v) is 35.9. The molecule has 14 heteroatoms. The van der Waals surface area contributed by atoms with Gasteiger partial charge in [-0.2, -0.15) is 0 Å². The number of hydrogen-bond donors (Lipinski definition) is 2. The van der Waals surface area contributed by atoms with Crippen LogP contribution in [0.1, 0.15) is 63.7 Å². The second-order valence-electron chi connectivity index (χ2n) is 14.0. The van der Waals surface area contributed by atoms with Crippen LogP contribution in [0.25, 0.3) is 33.2 Å². The van der Waals surface area contributed by atoms with Crippen molar-refractivity contribution < 1.29 is 38.9 Å². The van der Waals surface area contributed by atoms with Crippen LogP contribution in [0.4, 0.5) is 0 Å². The van der Waals surface area contributed by atoms with E-state index in [1.54, 1.807) is 48.5 Å². The van der Waals surface area contributed by atoms with Crippen LogP contribution in [0.5, 0.6) is 0 Å². The molecule has 312 valence electrons. The van der Waals surface area contributed by atoms with E-state index in [-0.39, 0.29) is 16.1 Å². The zero-order valence-electron chi connectivity index (χ0n) is 32.9. The Hall–Kier alpha value is -6.56. The Morgan fingerprint density at radius 2 is 0.919 bits per heavy atom.